The van der Waals surface area contributed by atoms with E-state index < -0.39 is 12.1 Å². The summed E-state index contributed by atoms with van der Waals surface area (Å²) in [4.78, 5) is 35.1. The summed E-state index contributed by atoms with van der Waals surface area (Å²) < 4.78 is 16.7. The summed E-state index contributed by atoms with van der Waals surface area (Å²) >= 11 is 0. The average Bonchev–Trinajstić information content (AvgIpc) is 3.43. The van der Waals surface area contributed by atoms with E-state index in [-0.39, 0.29) is 30.2 Å². The quantitative estimate of drug-likeness (QED) is 0.743. The van der Waals surface area contributed by atoms with Crippen LogP contribution >= 0.6 is 0 Å². The van der Waals surface area contributed by atoms with Gasteiger partial charge >= 0.3 is 12.1 Å². The van der Waals surface area contributed by atoms with Crippen LogP contribution in [0.5, 0.6) is 0 Å². The minimum absolute atomic E-state index is 0.0146. The van der Waals surface area contributed by atoms with Crippen molar-refractivity contribution in [1.29, 1.82) is 0 Å². The van der Waals surface area contributed by atoms with Crippen LogP contribution in [0.25, 0.3) is 16.5 Å². The molecule has 1 saturated heterocycles. The fourth-order valence-electron chi connectivity index (χ4n) is 4.05. The van der Waals surface area contributed by atoms with Gasteiger partial charge in [0.15, 0.2) is 5.58 Å². The number of hydrogen-bond donors (Lipinski definition) is 1. The zero-order valence-corrected chi connectivity index (χ0v) is 17.5. The molecule has 164 valence electrons. The number of ether oxygens (including phenoxy) is 2. The van der Waals surface area contributed by atoms with Crippen LogP contribution in [0.2, 0.25) is 0 Å². The van der Waals surface area contributed by atoms with Crippen LogP contribution in [-0.2, 0) is 9.47 Å². The lowest BCUT2D eigenvalue weighted by atomic mass is 9.99. The lowest BCUT2D eigenvalue weighted by molar-refractivity contribution is 0.00467. The Hall–Kier alpha value is -3.20. The molecule has 2 atom stereocenters. The minimum Gasteiger partial charge on any atom is -0.475 e. The van der Waals surface area contributed by atoms with Gasteiger partial charge in [-0.25, -0.2) is 9.59 Å². The molecule has 0 spiro atoms. The molecule has 0 aliphatic carbocycles. The van der Waals surface area contributed by atoms with Gasteiger partial charge in [-0.2, -0.15) is 0 Å². The van der Waals surface area contributed by atoms with Gasteiger partial charge in [0, 0.05) is 29.8 Å². The number of nitrogens with zero attached hydrogens (tertiary/aromatic N) is 3. The average molecular weight is 427 g/mol. The van der Waals surface area contributed by atoms with Crippen LogP contribution in [-0.4, -0.2) is 60.3 Å². The number of carboxylic acids is 1. The first-order valence-corrected chi connectivity index (χ1v) is 10.5. The number of aromatic carboxylic acids is 1. The molecule has 9 heteroatoms. The molecule has 4 rings (SSSR count). The molecular weight excluding hydrogens is 402 g/mol. The first-order valence-electron chi connectivity index (χ1n) is 10.5. The Balaban J connectivity index is 1.88. The van der Waals surface area contributed by atoms with Gasteiger partial charge in [-0.3, -0.25) is 14.9 Å². The summed E-state index contributed by atoms with van der Waals surface area (Å²) in [5.41, 5.74) is 1.96. The third-order valence-corrected chi connectivity index (χ3v) is 5.55. The number of hydrogen-bond acceptors (Lipinski definition) is 7. The lowest BCUT2D eigenvalue weighted by Crippen LogP contribution is -2.46. The molecule has 0 aromatic carbocycles. The normalized spacial score (nSPS) is 20.6. The molecule has 1 amide bonds. The van der Waals surface area contributed by atoms with Crippen molar-refractivity contribution in [3.63, 3.8) is 0 Å². The molecular formula is C22H25N3O6. The Morgan fingerprint density at radius 2 is 2.19 bits per heavy atom. The van der Waals surface area contributed by atoms with Crippen LogP contribution in [0.15, 0.2) is 27.7 Å². The second-order valence-corrected chi connectivity index (χ2v) is 7.45. The number of aliphatic imine (C=N–C) groups is 1. The Morgan fingerprint density at radius 3 is 2.87 bits per heavy atom. The predicted molar refractivity (Wildman–Crippen MR) is 115 cm³/mol. The van der Waals surface area contributed by atoms with E-state index >= 15 is 0 Å². The van der Waals surface area contributed by atoms with E-state index in [4.69, 9.17) is 13.9 Å². The molecule has 0 unspecified atom stereocenters. The van der Waals surface area contributed by atoms with Gasteiger partial charge in [0.1, 0.15) is 5.69 Å². The summed E-state index contributed by atoms with van der Waals surface area (Å²) in [6.07, 6.45) is 6.46. The van der Waals surface area contributed by atoms with E-state index in [9.17, 15) is 14.7 Å². The van der Waals surface area contributed by atoms with Gasteiger partial charge in [-0.15, -0.1) is 0 Å². The highest BCUT2D eigenvalue weighted by atomic mass is 16.6. The topological polar surface area (TPSA) is 114 Å². The highest BCUT2D eigenvalue weighted by molar-refractivity contribution is 6.13. The summed E-state index contributed by atoms with van der Waals surface area (Å²) in [5.74, 6) is -1.57. The molecule has 2 aromatic heterocycles. The summed E-state index contributed by atoms with van der Waals surface area (Å²) in [5, 5.41) is 10.4. The molecule has 4 heterocycles. The highest BCUT2D eigenvalue weighted by Crippen LogP contribution is 2.38. The van der Waals surface area contributed by atoms with Crippen LogP contribution in [0.3, 0.4) is 0 Å². The summed E-state index contributed by atoms with van der Waals surface area (Å²) in [7, 11) is 0. The van der Waals surface area contributed by atoms with Crippen molar-refractivity contribution in [3.05, 3.63) is 29.8 Å². The first-order chi connectivity index (χ1) is 15.0. The van der Waals surface area contributed by atoms with Crippen molar-refractivity contribution in [2.45, 2.75) is 45.3 Å². The van der Waals surface area contributed by atoms with E-state index in [0.717, 1.165) is 12.0 Å². The number of fused-ring (bicyclic) bond motifs is 1. The highest BCUT2D eigenvalue weighted by Gasteiger charge is 2.37. The number of rotatable bonds is 6. The van der Waals surface area contributed by atoms with Crippen LogP contribution in [0.1, 0.15) is 49.4 Å². The van der Waals surface area contributed by atoms with Gasteiger partial charge < -0.3 is 19.0 Å². The van der Waals surface area contributed by atoms with Crippen molar-refractivity contribution in [1.82, 2.24) is 4.98 Å². The standard InChI is InChI=1S/C22H25N3O6/c1-3-15-9-14(6-8-30-15)25(22(28)29-4-2)19-16-10-17(13-5-7-23-11-13)24-12-18(16)31-20(19)21(26)27/h5,10-12,14-15H,3-4,6-9H2,1-2H3,(H,26,27)/t14-,15-/m0/s1. The number of allylic oxidation sites excluding steroid dienone is 1. The molecule has 0 saturated carbocycles. The van der Waals surface area contributed by atoms with Crippen LogP contribution < -0.4 is 4.90 Å². The maximum atomic E-state index is 13.1. The number of pyridine rings is 1. The molecule has 2 aromatic rings. The maximum absolute atomic E-state index is 13.1. The second-order valence-electron chi connectivity index (χ2n) is 7.45. The van der Waals surface area contributed by atoms with Gasteiger partial charge in [-0.1, -0.05) is 13.0 Å². The van der Waals surface area contributed by atoms with E-state index in [0.29, 0.717) is 42.7 Å². The Morgan fingerprint density at radius 1 is 1.35 bits per heavy atom. The van der Waals surface area contributed by atoms with Crippen molar-refractivity contribution >= 4 is 40.5 Å². The fraction of sp³-hybridized carbons (Fsp3) is 0.455. The number of anilines is 1. The largest absolute Gasteiger partial charge is 0.475 e. The van der Waals surface area contributed by atoms with E-state index in [1.54, 1.807) is 19.2 Å². The monoisotopic (exact) mass is 427 g/mol. The number of carbonyl (C=O) groups excluding carboxylic acids is 1. The smallest absolute Gasteiger partial charge is 0.414 e. The van der Waals surface area contributed by atoms with Gasteiger partial charge in [0.2, 0.25) is 5.76 Å². The van der Waals surface area contributed by atoms with E-state index in [1.165, 1.54) is 11.1 Å². The van der Waals surface area contributed by atoms with Gasteiger partial charge in [-0.05, 0) is 32.3 Å². The second kappa shape index (κ2) is 8.89. The van der Waals surface area contributed by atoms with Gasteiger partial charge in [0.05, 0.1) is 31.1 Å². The SMILES string of the molecule is CCOC(=O)N(c1c(C(=O)O)oc2cnc(C3=CCN=C3)cc12)[C@H]1CCO[C@@H](CC)C1. The Bertz CT molecular complexity index is 1060. The van der Waals surface area contributed by atoms with Gasteiger partial charge in [0.25, 0.3) is 0 Å². The summed E-state index contributed by atoms with van der Waals surface area (Å²) in [6.45, 7) is 4.96. The van der Waals surface area contributed by atoms with Crippen molar-refractivity contribution in [3.8, 4) is 0 Å². The van der Waals surface area contributed by atoms with E-state index in [1.807, 2.05) is 13.0 Å². The van der Waals surface area contributed by atoms with Crippen LogP contribution in [0.4, 0.5) is 10.5 Å². The molecule has 0 radical (unpaired) electrons. The molecule has 31 heavy (non-hydrogen) atoms. The molecule has 1 N–H and O–H groups in total. The summed E-state index contributed by atoms with van der Waals surface area (Å²) in [6, 6.07) is 1.47. The Kier molecular flexibility index (Phi) is 6.03. The minimum atomic E-state index is -1.26. The number of amides is 1. The molecule has 2 aliphatic rings. The zero-order chi connectivity index (χ0) is 22.0. The molecule has 2 aliphatic heterocycles. The third-order valence-electron chi connectivity index (χ3n) is 5.55. The molecule has 1 fully saturated rings. The number of furan rings is 1. The van der Waals surface area contributed by atoms with Crippen molar-refractivity contribution in [2.75, 3.05) is 24.7 Å². The Labute approximate surface area is 179 Å². The maximum Gasteiger partial charge on any atom is 0.414 e. The molecule has 0 bridgehead atoms. The number of carboxylic acid groups (broad SMARTS) is 1. The fourth-order valence-corrected chi connectivity index (χ4v) is 4.05. The lowest BCUT2D eigenvalue weighted by Gasteiger charge is -2.36. The zero-order valence-electron chi connectivity index (χ0n) is 17.5. The number of carbonyl (C=O) groups is 2. The predicted octanol–water partition coefficient (Wildman–Crippen LogP) is 3.91. The number of aromatic nitrogens is 1. The molecule has 9 nitrogen and oxygen atoms in total. The van der Waals surface area contributed by atoms with Crippen molar-refractivity contribution in [2.24, 2.45) is 4.99 Å². The first kappa shape index (κ1) is 21.0. The third kappa shape index (κ3) is 4.05. The van der Waals surface area contributed by atoms with Crippen molar-refractivity contribution < 1.29 is 28.6 Å². The van der Waals surface area contributed by atoms with E-state index in [2.05, 4.69) is 9.98 Å². The van der Waals surface area contributed by atoms with Crippen LogP contribution in [0, 0.1) is 0 Å².